The van der Waals surface area contributed by atoms with E-state index in [1.807, 2.05) is 24.3 Å². The number of fused-ring (bicyclic) bond motifs is 1. The molecule has 4 heteroatoms. The third-order valence-corrected chi connectivity index (χ3v) is 4.94. The Hall–Kier alpha value is -2.98. The van der Waals surface area contributed by atoms with Crippen molar-refractivity contribution in [3.63, 3.8) is 0 Å². The third-order valence-electron chi connectivity index (χ3n) is 3.80. The molecule has 0 aliphatic rings. The van der Waals surface area contributed by atoms with E-state index in [4.69, 9.17) is 0 Å². The van der Waals surface area contributed by atoms with Gasteiger partial charge in [0.1, 0.15) is 0 Å². The number of hydrogen-bond donors (Lipinski definition) is 1. The second-order valence-corrected chi connectivity index (χ2v) is 6.50. The van der Waals surface area contributed by atoms with Gasteiger partial charge in [-0.3, -0.25) is 9.78 Å². The topological polar surface area (TPSA) is 42.0 Å². The fourth-order valence-corrected chi connectivity index (χ4v) is 3.48. The zero-order valence-corrected chi connectivity index (χ0v) is 13.6. The molecule has 0 fully saturated rings. The second-order valence-electron chi connectivity index (χ2n) is 5.42. The standard InChI is InChI=1S/C20H14N2OS/c23-20(22-17-9-11-21-12-10-17)19-8-7-18(24-19)16-6-5-14-3-1-2-4-15(14)13-16/h1-13H,(H,21,22,23). The number of benzene rings is 2. The first kappa shape index (κ1) is 14.6. The molecule has 2 aromatic heterocycles. The summed E-state index contributed by atoms with van der Waals surface area (Å²) < 4.78 is 0. The molecule has 4 rings (SSSR count). The lowest BCUT2D eigenvalue weighted by Crippen LogP contribution is -2.09. The van der Waals surface area contributed by atoms with Gasteiger partial charge in [-0.1, -0.05) is 36.4 Å². The molecule has 0 saturated heterocycles. The summed E-state index contributed by atoms with van der Waals surface area (Å²) in [4.78, 5) is 18.1. The number of nitrogens with zero attached hydrogens (tertiary/aromatic N) is 1. The lowest BCUT2D eigenvalue weighted by molar-refractivity contribution is 0.103. The molecule has 2 heterocycles. The second kappa shape index (κ2) is 6.26. The van der Waals surface area contributed by atoms with Crippen LogP contribution in [0.2, 0.25) is 0 Å². The lowest BCUT2D eigenvalue weighted by Gasteiger charge is -2.03. The van der Waals surface area contributed by atoms with E-state index in [2.05, 4.69) is 40.6 Å². The van der Waals surface area contributed by atoms with Gasteiger partial charge in [-0.25, -0.2) is 0 Å². The van der Waals surface area contributed by atoms with E-state index in [1.54, 1.807) is 24.5 Å². The summed E-state index contributed by atoms with van der Waals surface area (Å²) in [6.45, 7) is 0. The van der Waals surface area contributed by atoms with Crippen LogP contribution in [0.25, 0.3) is 21.2 Å². The maximum Gasteiger partial charge on any atom is 0.265 e. The van der Waals surface area contributed by atoms with Gasteiger partial charge in [-0.15, -0.1) is 11.3 Å². The Morgan fingerprint density at radius 3 is 2.50 bits per heavy atom. The van der Waals surface area contributed by atoms with E-state index in [0.29, 0.717) is 4.88 Å². The maximum atomic E-state index is 12.4. The highest BCUT2D eigenvalue weighted by Gasteiger charge is 2.11. The zero-order valence-electron chi connectivity index (χ0n) is 12.8. The molecule has 0 aliphatic heterocycles. The van der Waals surface area contributed by atoms with Gasteiger partial charge in [0.25, 0.3) is 5.91 Å². The Morgan fingerprint density at radius 2 is 1.67 bits per heavy atom. The summed E-state index contributed by atoms with van der Waals surface area (Å²) in [6.07, 6.45) is 3.31. The van der Waals surface area contributed by atoms with E-state index in [-0.39, 0.29) is 5.91 Å². The number of carbonyl (C=O) groups excluding carboxylic acids is 1. The molecule has 0 spiro atoms. The highest BCUT2D eigenvalue weighted by atomic mass is 32.1. The maximum absolute atomic E-state index is 12.4. The smallest absolute Gasteiger partial charge is 0.265 e. The quantitative estimate of drug-likeness (QED) is 0.560. The number of amides is 1. The fourth-order valence-electron chi connectivity index (χ4n) is 2.59. The first-order valence-corrected chi connectivity index (χ1v) is 8.42. The predicted octanol–water partition coefficient (Wildman–Crippen LogP) is 5.22. The zero-order chi connectivity index (χ0) is 16.4. The molecule has 0 saturated carbocycles. The number of anilines is 1. The van der Waals surface area contributed by atoms with Crippen molar-refractivity contribution in [2.24, 2.45) is 0 Å². The van der Waals surface area contributed by atoms with Crippen molar-refractivity contribution in [2.45, 2.75) is 0 Å². The van der Waals surface area contributed by atoms with Gasteiger partial charge in [-0.2, -0.15) is 0 Å². The van der Waals surface area contributed by atoms with E-state index >= 15 is 0 Å². The van der Waals surface area contributed by atoms with Gasteiger partial charge in [0.2, 0.25) is 0 Å². The highest BCUT2D eigenvalue weighted by molar-refractivity contribution is 7.17. The van der Waals surface area contributed by atoms with E-state index in [0.717, 1.165) is 16.1 Å². The molecule has 24 heavy (non-hydrogen) atoms. The van der Waals surface area contributed by atoms with Gasteiger partial charge < -0.3 is 5.32 Å². The third kappa shape index (κ3) is 2.92. The average Bonchev–Trinajstić information content (AvgIpc) is 3.12. The first-order chi connectivity index (χ1) is 11.8. The number of carbonyl (C=O) groups is 1. The largest absolute Gasteiger partial charge is 0.321 e. The minimum absolute atomic E-state index is 0.0989. The molecule has 1 amide bonds. The predicted molar refractivity (Wildman–Crippen MR) is 99.5 cm³/mol. The summed E-state index contributed by atoms with van der Waals surface area (Å²) in [7, 11) is 0. The highest BCUT2D eigenvalue weighted by Crippen LogP contribution is 2.30. The van der Waals surface area contributed by atoms with Gasteiger partial charge in [0.15, 0.2) is 0 Å². The SMILES string of the molecule is O=C(Nc1ccncc1)c1ccc(-c2ccc3ccccc3c2)s1. The monoisotopic (exact) mass is 330 g/mol. The van der Waals surface area contributed by atoms with E-state index in [1.165, 1.54) is 22.1 Å². The van der Waals surface area contributed by atoms with Crippen LogP contribution in [0.1, 0.15) is 9.67 Å². The van der Waals surface area contributed by atoms with Gasteiger partial charge in [0, 0.05) is 23.0 Å². The molecule has 116 valence electrons. The van der Waals surface area contributed by atoms with E-state index < -0.39 is 0 Å². The van der Waals surface area contributed by atoms with Crippen LogP contribution in [-0.2, 0) is 0 Å². The molecule has 0 atom stereocenters. The van der Waals surface area contributed by atoms with E-state index in [9.17, 15) is 4.79 Å². The fraction of sp³-hybridized carbons (Fsp3) is 0. The molecule has 0 aliphatic carbocycles. The molecule has 1 N–H and O–H groups in total. The minimum atomic E-state index is -0.0989. The Bertz CT molecular complexity index is 1010. The lowest BCUT2D eigenvalue weighted by atomic mass is 10.1. The Kier molecular flexibility index (Phi) is 3.81. The summed E-state index contributed by atoms with van der Waals surface area (Å²) in [5, 5.41) is 5.30. The first-order valence-electron chi connectivity index (χ1n) is 7.60. The van der Waals surface area contributed by atoms with Crippen LogP contribution < -0.4 is 5.32 Å². The van der Waals surface area contributed by atoms with Crippen molar-refractivity contribution in [2.75, 3.05) is 5.32 Å². The van der Waals surface area contributed by atoms with Crippen LogP contribution in [0, 0.1) is 0 Å². The summed E-state index contributed by atoms with van der Waals surface area (Å²) in [6, 6.07) is 22.0. The molecular weight excluding hydrogens is 316 g/mol. The van der Waals surface area contributed by atoms with Crippen LogP contribution in [0.5, 0.6) is 0 Å². The molecule has 0 bridgehead atoms. The molecule has 0 radical (unpaired) electrons. The Labute approximate surface area is 143 Å². The normalized spacial score (nSPS) is 10.7. The van der Waals surface area contributed by atoms with Crippen LogP contribution in [-0.4, -0.2) is 10.9 Å². The van der Waals surface area contributed by atoms with Gasteiger partial charge in [0.05, 0.1) is 4.88 Å². The summed E-state index contributed by atoms with van der Waals surface area (Å²) in [5.74, 6) is -0.0989. The average molecular weight is 330 g/mol. The Balaban J connectivity index is 1.60. The molecule has 0 unspecified atom stereocenters. The number of rotatable bonds is 3. The minimum Gasteiger partial charge on any atom is -0.321 e. The number of nitrogens with one attached hydrogen (secondary N) is 1. The van der Waals surface area contributed by atoms with Crippen molar-refractivity contribution in [3.8, 4) is 10.4 Å². The van der Waals surface area contributed by atoms with Gasteiger partial charge in [-0.05, 0) is 46.7 Å². The van der Waals surface area contributed by atoms with Crippen molar-refractivity contribution in [3.05, 3.63) is 84.0 Å². The van der Waals surface area contributed by atoms with Crippen molar-refractivity contribution < 1.29 is 4.79 Å². The summed E-state index contributed by atoms with van der Waals surface area (Å²) in [5.41, 5.74) is 1.87. The number of thiophene rings is 1. The molecule has 3 nitrogen and oxygen atoms in total. The van der Waals surface area contributed by atoms with Crippen LogP contribution in [0.4, 0.5) is 5.69 Å². The van der Waals surface area contributed by atoms with Crippen molar-refractivity contribution in [1.82, 2.24) is 4.98 Å². The number of pyridine rings is 1. The Morgan fingerprint density at radius 1 is 0.875 bits per heavy atom. The number of aromatic nitrogens is 1. The molecular formula is C20H14N2OS. The van der Waals surface area contributed by atoms with Crippen LogP contribution in [0.15, 0.2) is 79.1 Å². The molecule has 2 aromatic carbocycles. The number of hydrogen-bond acceptors (Lipinski definition) is 3. The van der Waals surface area contributed by atoms with Crippen LogP contribution in [0.3, 0.4) is 0 Å². The summed E-state index contributed by atoms with van der Waals surface area (Å²) >= 11 is 1.49. The van der Waals surface area contributed by atoms with Gasteiger partial charge >= 0.3 is 0 Å². The van der Waals surface area contributed by atoms with Crippen molar-refractivity contribution >= 4 is 33.7 Å². The van der Waals surface area contributed by atoms with Crippen LogP contribution >= 0.6 is 11.3 Å². The molecule has 4 aromatic rings. The van der Waals surface area contributed by atoms with Crippen molar-refractivity contribution in [1.29, 1.82) is 0 Å².